The second kappa shape index (κ2) is 2.05. The van der Waals surface area contributed by atoms with Crippen molar-refractivity contribution in [2.24, 2.45) is 17.8 Å². The smallest absolute Gasteiger partial charge is 0.264 e. The van der Waals surface area contributed by atoms with E-state index in [1.54, 1.807) is 0 Å². The maximum absolute atomic E-state index is 11.7. The van der Waals surface area contributed by atoms with Gasteiger partial charge in [0.2, 0.25) is 0 Å². The van der Waals surface area contributed by atoms with Crippen LogP contribution in [0.5, 0.6) is 0 Å². The second-order valence-corrected chi connectivity index (χ2v) is 7.56. The predicted molar refractivity (Wildman–Crippen MR) is 50.1 cm³/mol. The van der Waals surface area contributed by atoms with Crippen molar-refractivity contribution in [2.45, 2.75) is 43.0 Å². The molecule has 4 heteroatoms. The minimum Gasteiger partial charge on any atom is -0.264 e. The Labute approximate surface area is 83.9 Å². The fourth-order valence-electron chi connectivity index (χ4n) is 4.62. The second-order valence-electron chi connectivity index (χ2n) is 5.64. The van der Waals surface area contributed by atoms with Gasteiger partial charge in [-0.1, -0.05) is 0 Å². The lowest BCUT2D eigenvalue weighted by Crippen LogP contribution is -2.72. The molecule has 0 aromatic heterocycles. The van der Waals surface area contributed by atoms with Crippen LogP contribution in [0.2, 0.25) is 0 Å². The third-order valence-corrected chi connectivity index (χ3v) is 6.90. The highest BCUT2D eigenvalue weighted by molar-refractivity contribution is 7.89. The van der Waals surface area contributed by atoms with Crippen molar-refractivity contribution in [3.05, 3.63) is 0 Å². The molecule has 14 heavy (non-hydrogen) atoms. The van der Waals surface area contributed by atoms with E-state index in [2.05, 4.69) is 0 Å². The molecule has 3 atom stereocenters. The Morgan fingerprint density at radius 2 is 1.71 bits per heavy atom. The summed E-state index contributed by atoms with van der Waals surface area (Å²) < 4.78 is 28.2. The van der Waals surface area contributed by atoms with Crippen molar-refractivity contribution >= 4 is 10.1 Å². The Bertz CT molecular complexity index is 386. The fourth-order valence-corrected chi connectivity index (χ4v) is 6.69. The van der Waals surface area contributed by atoms with Gasteiger partial charge in [-0.15, -0.1) is 0 Å². The molecule has 4 bridgehead atoms. The molecule has 1 aliphatic heterocycles. The van der Waals surface area contributed by atoms with E-state index in [1.165, 1.54) is 19.3 Å². The van der Waals surface area contributed by atoms with Crippen molar-refractivity contribution in [1.29, 1.82) is 0 Å². The Kier molecular flexibility index (Phi) is 1.19. The van der Waals surface area contributed by atoms with Gasteiger partial charge in [0, 0.05) is 0 Å². The van der Waals surface area contributed by atoms with Crippen LogP contribution < -0.4 is 0 Å². The number of hydrogen-bond donors (Lipinski definition) is 0. The summed E-state index contributed by atoms with van der Waals surface area (Å²) in [6.45, 7) is 0. The van der Waals surface area contributed by atoms with Gasteiger partial charge in [-0.25, -0.2) is 0 Å². The standard InChI is InChI=1S/C10H14O3S/c11-14(12)10-4-6-1-7(5-10)3-8(2-6)9(10)13-14/h6-9H,1-5H2. The van der Waals surface area contributed by atoms with Crippen LogP contribution in [-0.4, -0.2) is 19.3 Å². The fraction of sp³-hybridized carbons (Fsp3) is 1.00. The molecule has 0 radical (unpaired) electrons. The maximum atomic E-state index is 11.7. The van der Waals surface area contributed by atoms with Crippen LogP contribution in [-0.2, 0) is 14.3 Å². The van der Waals surface area contributed by atoms with E-state index in [1.807, 2.05) is 0 Å². The van der Waals surface area contributed by atoms with E-state index in [0.29, 0.717) is 17.8 Å². The molecule has 5 fully saturated rings. The van der Waals surface area contributed by atoms with Gasteiger partial charge in [-0.2, -0.15) is 8.42 Å². The molecule has 0 aromatic rings. The van der Waals surface area contributed by atoms with E-state index in [9.17, 15) is 8.42 Å². The molecular formula is C10H14O3S. The van der Waals surface area contributed by atoms with E-state index < -0.39 is 14.9 Å². The van der Waals surface area contributed by atoms with Gasteiger partial charge in [0.05, 0.1) is 0 Å². The molecule has 4 aliphatic carbocycles. The van der Waals surface area contributed by atoms with Gasteiger partial charge in [0.1, 0.15) is 10.9 Å². The topological polar surface area (TPSA) is 43.4 Å². The average Bonchev–Trinajstić information content (AvgIpc) is 2.10. The average molecular weight is 214 g/mol. The molecule has 0 amide bonds. The molecule has 0 N–H and O–H groups in total. The highest BCUT2D eigenvalue weighted by Crippen LogP contribution is 2.64. The van der Waals surface area contributed by atoms with Gasteiger partial charge in [0.25, 0.3) is 10.1 Å². The third-order valence-electron chi connectivity index (χ3n) is 4.88. The molecule has 5 aliphatic rings. The normalized spacial score (nSPS) is 62.0. The van der Waals surface area contributed by atoms with E-state index in [-0.39, 0.29) is 6.10 Å². The van der Waals surface area contributed by atoms with Crippen LogP contribution in [0.1, 0.15) is 32.1 Å². The lowest BCUT2D eigenvalue weighted by Gasteiger charge is -2.64. The van der Waals surface area contributed by atoms with Gasteiger partial charge in [-0.3, -0.25) is 4.18 Å². The molecule has 1 spiro atoms. The number of hydrogen-bond acceptors (Lipinski definition) is 3. The van der Waals surface area contributed by atoms with Crippen LogP contribution in [0.4, 0.5) is 0 Å². The zero-order chi connectivity index (χ0) is 9.55. The Morgan fingerprint density at radius 1 is 1.07 bits per heavy atom. The first kappa shape index (κ1) is 8.11. The third kappa shape index (κ3) is 0.673. The summed E-state index contributed by atoms with van der Waals surface area (Å²) in [7, 11) is -3.18. The summed E-state index contributed by atoms with van der Waals surface area (Å²) in [4.78, 5) is 0. The Hall–Kier alpha value is -0.0900. The zero-order valence-electron chi connectivity index (χ0n) is 7.98. The van der Waals surface area contributed by atoms with E-state index >= 15 is 0 Å². The molecule has 78 valence electrons. The summed E-state index contributed by atoms with van der Waals surface area (Å²) in [6, 6.07) is 0. The minimum atomic E-state index is -3.18. The summed E-state index contributed by atoms with van der Waals surface area (Å²) in [5.74, 6) is 1.93. The minimum absolute atomic E-state index is 0.0697. The molecule has 1 heterocycles. The summed E-state index contributed by atoms with van der Waals surface area (Å²) in [6.07, 6.45) is 5.58. The summed E-state index contributed by atoms with van der Waals surface area (Å²) in [5, 5.41) is 0. The first-order valence-electron chi connectivity index (χ1n) is 5.53. The van der Waals surface area contributed by atoms with Crippen molar-refractivity contribution in [3.8, 4) is 0 Å². The summed E-state index contributed by atoms with van der Waals surface area (Å²) >= 11 is 0. The molecule has 5 rings (SSSR count). The molecule has 3 nitrogen and oxygen atoms in total. The van der Waals surface area contributed by atoms with Crippen LogP contribution in [0, 0.1) is 17.8 Å². The predicted octanol–water partition coefficient (Wildman–Crippen LogP) is 1.29. The SMILES string of the molecule is O=S1(=O)OC2C3CC4CC(C3)CC21C4. The van der Waals surface area contributed by atoms with Gasteiger partial charge in [-0.05, 0) is 49.9 Å². The van der Waals surface area contributed by atoms with Crippen LogP contribution in [0.3, 0.4) is 0 Å². The van der Waals surface area contributed by atoms with E-state index in [0.717, 1.165) is 12.8 Å². The lowest BCUT2D eigenvalue weighted by molar-refractivity contribution is -0.103. The highest BCUT2D eigenvalue weighted by atomic mass is 32.2. The molecule has 1 saturated heterocycles. The monoisotopic (exact) mass is 214 g/mol. The van der Waals surface area contributed by atoms with Crippen LogP contribution in [0.25, 0.3) is 0 Å². The van der Waals surface area contributed by atoms with Crippen molar-refractivity contribution in [3.63, 3.8) is 0 Å². The molecule has 3 unspecified atom stereocenters. The molecular weight excluding hydrogens is 200 g/mol. The molecule has 0 aromatic carbocycles. The zero-order valence-corrected chi connectivity index (χ0v) is 8.79. The first-order valence-corrected chi connectivity index (χ1v) is 6.94. The van der Waals surface area contributed by atoms with Crippen LogP contribution in [0.15, 0.2) is 0 Å². The van der Waals surface area contributed by atoms with Gasteiger partial charge >= 0.3 is 0 Å². The van der Waals surface area contributed by atoms with Gasteiger partial charge in [0.15, 0.2) is 0 Å². The van der Waals surface area contributed by atoms with Gasteiger partial charge < -0.3 is 0 Å². The quantitative estimate of drug-likeness (QED) is 0.571. The largest absolute Gasteiger partial charge is 0.276 e. The highest BCUT2D eigenvalue weighted by Gasteiger charge is 2.71. The first-order chi connectivity index (χ1) is 6.61. The lowest BCUT2D eigenvalue weighted by atomic mass is 9.54. The Balaban J connectivity index is 1.87. The van der Waals surface area contributed by atoms with Crippen LogP contribution >= 0.6 is 0 Å². The van der Waals surface area contributed by atoms with Crippen molar-refractivity contribution < 1.29 is 12.6 Å². The Morgan fingerprint density at radius 3 is 2.29 bits per heavy atom. The molecule has 4 saturated carbocycles. The van der Waals surface area contributed by atoms with Crippen molar-refractivity contribution in [2.75, 3.05) is 0 Å². The maximum Gasteiger partial charge on any atom is 0.276 e. The van der Waals surface area contributed by atoms with E-state index in [4.69, 9.17) is 4.18 Å². The van der Waals surface area contributed by atoms with Crippen molar-refractivity contribution in [1.82, 2.24) is 0 Å². The summed E-state index contributed by atoms with van der Waals surface area (Å²) in [5.41, 5.74) is 0. The number of rotatable bonds is 0.